The lowest BCUT2D eigenvalue weighted by molar-refractivity contribution is 0.284. The summed E-state index contributed by atoms with van der Waals surface area (Å²) in [5, 5.41) is 13.1. The van der Waals surface area contributed by atoms with Crippen LogP contribution < -0.4 is 14.8 Å². The van der Waals surface area contributed by atoms with Crippen LogP contribution >= 0.6 is 11.6 Å². The maximum atomic E-state index is 9.32. The van der Waals surface area contributed by atoms with E-state index in [-0.39, 0.29) is 5.75 Å². The van der Waals surface area contributed by atoms with E-state index in [2.05, 4.69) is 10.3 Å². The Morgan fingerprint density at radius 1 is 1.00 bits per heavy atom. The van der Waals surface area contributed by atoms with E-state index in [9.17, 15) is 5.11 Å². The highest BCUT2D eigenvalue weighted by molar-refractivity contribution is 6.29. The van der Waals surface area contributed by atoms with Gasteiger partial charge in [0, 0.05) is 24.0 Å². The summed E-state index contributed by atoms with van der Waals surface area (Å²) in [6, 6.07) is 16.3. The quantitative estimate of drug-likeness (QED) is 0.468. The standard InChI is InChI=1S/C20H19ClN2O3/c1-25-19-10-14(11-22-16-4-6-17(24)7-5-16)2-8-18(19)26-13-15-3-9-20(21)23-12-15/h2-10,12,22,24H,11,13H2,1H3. The summed E-state index contributed by atoms with van der Waals surface area (Å²) in [6.07, 6.45) is 1.69. The van der Waals surface area contributed by atoms with Gasteiger partial charge in [0.25, 0.3) is 0 Å². The van der Waals surface area contributed by atoms with Crippen molar-refractivity contribution in [1.82, 2.24) is 4.98 Å². The number of phenols is 1. The lowest BCUT2D eigenvalue weighted by Crippen LogP contribution is -2.02. The summed E-state index contributed by atoms with van der Waals surface area (Å²) in [4.78, 5) is 4.04. The normalized spacial score (nSPS) is 10.4. The molecule has 0 aliphatic heterocycles. The second-order valence-electron chi connectivity index (χ2n) is 5.66. The van der Waals surface area contributed by atoms with Crippen LogP contribution in [-0.4, -0.2) is 17.2 Å². The van der Waals surface area contributed by atoms with Gasteiger partial charge < -0.3 is 19.9 Å². The molecule has 0 spiro atoms. The van der Waals surface area contributed by atoms with Crippen molar-refractivity contribution in [2.75, 3.05) is 12.4 Å². The second-order valence-corrected chi connectivity index (χ2v) is 6.05. The van der Waals surface area contributed by atoms with Crippen molar-refractivity contribution in [2.45, 2.75) is 13.2 Å². The van der Waals surface area contributed by atoms with Crippen LogP contribution in [0.3, 0.4) is 0 Å². The van der Waals surface area contributed by atoms with Crippen LogP contribution in [0.5, 0.6) is 17.2 Å². The smallest absolute Gasteiger partial charge is 0.161 e. The van der Waals surface area contributed by atoms with Gasteiger partial charge in [0.05, 0.1) is 7.11 Å². The first-order valence-corrected chi connectivity index (χ1v) is 8.45. The number of aromatic hydroxyl groups is 1. The molecular formula is C20H19ClN2O3. The second kappa shape index (κ2) is 8.45. The van der Waals surface area contributed by atoms with Crippen LogP contribution in [0.15, 0.2) is 60.8 Å². The number of benzene rings is 2. The zero-order chi connectivity index (χ0) is 18.4. The highest BCUT2D eigenvalue weighted by Crippen LogP contribution is 2.29. The number of methoxy groups -OCH3 is 1. The van der Waals surface area contributed by atoms with E-state index in [1.54, 1.807) is 31.5 Å². The molecule has 0 aliphatic rings. The van der Waals surface area contributed by atoms with Crippen molar-refractivity contribution < 1.29 is 14.6 Å². The third-order valence-electron chi connectivity index (χ3n) is 3.77. The Labute approximate surface area is 157 Å². The Balaban J connectivity index is 1.63. The van der Waals surface area contributed by atoms with E-state index in [1.165, 1.54) is 0 Å². The number of halogens is 1. The molecule has 2 N–H and O–H groups in total. The van der Waals surface area contributed by atoms with E-state index in [1.807, 2.05) is 36.4 Å². The highest BCUT2D eigenvalue weighted by Gasteiger charge is 2.07. The topological polar surface area (TPSA) is 63.6 Å². The fourth-order valence-corrected chi connectivity index (χ4v) is 2.49. The lowest BCUT2D eigenvalue weighted by Gasteiger charge is -2.13. The summed E-state index contributed by atoms with van der Waals surface area (Å²) in [5.74, 6) is 1.57. The van der Waals surface area contributed by atoms with Crippen LogP contribution in [0.1, 0.15) is 11.1 Å². The third kappa shape index (κ3) is 4.80. The Kier molecular flexibility index (Phi) is 5.81. The SMILES string of the molecule is COc1cc(CNc2ccc(O)cc2)ccc1OCc1ccc(Cl)nc1. The Morgan fingerprint density at radius 3 is 2.46 bits per heavy atom. The van der Waals surface area contributed by atoms with Crippen molar-refractivity contribution in [3.05, 3.63) is 77.1 Å². The van der Waals surface area contributed by atoms with Gasteiger partial charge in [-0.2, -0.15) is 0 Å². The zero-order valence-corrected chi connectivity index (χ0v) is 15.0. The first-order valence-electron chi connectivity index (χ1n) is 8.07. The van der Waals surface area contributed by atoms with Gasteiger partial charge in [0.15, 0.2) is 11.5 Å². The Bertz CT molecular complexity index is 852. The van der Waals surface area contributed by atoms with E-state index < -0.39 is 0 Å². The van der Waals surface area contributed by atoms with Crippen LogP contribution in [0.4, 0.5) is 5.69 Å². The largest absolute Gasteiger partial charge is 0.508 e. The van der Waals surface area contributed by atoms with Crippen molar-refractivity contribution in [1.29, 1.82) is 0 Å². The van der Waals surface area contributed by atoms with Gasteiger partial charge in [-0.1, -0.05) is 23.7 Å². The van der Waals surface area contributed by atoms with Gasteiger partial charge >= 0.3 is 0 Å². The number of rotatable bonds is 7. The van der Waals surface area contributed by atoms with Crippen LogP contribution in [0.2, 0.25) is 5.15 Å². The van der Waals surface area contributed by atoms with Crippen LogP contribution in [0.25, 0.3) is 0 Å². The first kappa shape index (κ1) is 17.9. The van der Waals surface area contributed by atoms with Crippen LogP contribution in [0, 0.1) is 0 Å². The number of hydrogen-bond acceptors (Lipinski definition) is 5. The summed E-state index contributed by atoms with van der Waals surface area (Å²) < 4.78 is 11.3. The minimum atomic E-state index is 0.245. The van der Waals surface area contributed by atoms with E-state index in [4.69, 9.17) is 21.1 Å². The van der Waals surface area contributed by atoms with Gasteiger partial charge in [0.2, 0.25) is 0 Å². The Morgan fingerprint density at radius 2 is 1.77 bits per heavy atom. The maximum Gasteiger partial charge on any atom is 0.161 e. The zero-order valence-electron chi connectivity index (χ0n) is 14.3. The fraction of sp³-hybridized carbons (Fsp3) is 0.150. The van der Waals surface area contributed by atoms with E-state index >= 15 is 0 Å². The molecule has 3 aromatic rings. The van der Waals surface area contributed by atoms with Crippen molar-refractivity contribution in [2.24, 2.45) is 0 Å². The molecule has 0 fully saturated rings. The molecule has 0 saturated heterocycles. The molecule has 0 amide bonds. The number of aromatic nitrogens is 1. The average molecular weight is 371 g/mol. The summed E-state index contributed by atoms with van der Waals surface area (Å²) in [5.41, 5.74) is 2.90. The molecule has 0 bridgehead atoms. The predicted molar refractivity (Wildman–Crippen MR) is 102 cm³/mol. The van der Waals surface area contributed by atoms with Crippen molar-refractivity contribution in [3.63, 3.8) is 0 Å². The fourth-order valence-electron chi connectivity index (χ4n) is 2.38. The molecule has 1 heterocycles. The molecule has 0 unspecified atom stereocenters. The van der Waals surface area contributed by atoms with Gasteiger partial charge in [-0.3, -0.25) is 0 Å². The van der Waals surface area contributed by atoms with E-state index in [0.717, 1.165) is 16.8 Å². The molecular weight excluding hydrogens is 352 g/mol. The minimum Gasteiger partial charge on any atom is -0.508 e. The number of ether oxygens (including phenoxy) is 2. The number of anilines is 1. The maximum absolute atomic E-state index is 9.32. The molecule has 26 heavy (non-hydrogen) atoms. The van der Waals surface area contributed by atoms with Gasteiger partial charge in [-0.25, -0.2) is 4.98 Å². The monoisotopic (exact) mass is 370 g/mol. The number of nitrogens with one attached hydrogen (secondary N) is 1. The summed E-state index contributed by atoms with van der Waals surface area (Å²) in [6.45, 7) is 1.01. The minimum absolute atomic E-state index is 0.245. The molecule has 134 valence electrons. The van der Waals surface area contributed by atoms with Crippen LogP contribution in [-0.2, 0) is 13.2 Å². The molecule has 1 aromatic heterocycles. The summed E-state index contributed by atoms with van der Waals surface area (Å²) >= 11 is 5.79. The summed E-state index contributed by atoms with van der Waals surface area (Å²) in [7, 11) is 1.61. The Hall–Kier alpha value is -2.92. The lowest BCUT2D eigenvalue weighted by atomic mass is 10.2. The highest BCUT2D eigenvalue weighted by atomic mass is 35.5. The predicted octanol–water partition coefficient (Wildman–Crippen LogP) is 4.64. The molecule has 3 rings (SSSR count). The molecule has 2 aromatic carbocycles. The van der Waals surface area contributed by atoms with Crippen molar-refractivity contribution in [3.8, 4) is 17.2 Å². The molecule has 0 aliphatic carbocycles. The number of hydrogen-bond donors (Lipinski definition) is 2. The molecule has 0 atom stereocenters. The molecule has 6 heteroatoms. The molecule has 0 saturated carbocycles. The number of nitrogens with zero attached hydrogens (tertiary/aromatic N) is 1. The molecule has 0 radical (unpaired) electrons. The van der Waals surface area contributed by atoms with Crippen molar-refractivity contribution >= 4 is 17.3 Å². The van der Waals surface area contributed by atoms with Gasteiger partial charge in [-0.15, -0.1) is 0 Å². The average Bonchev–Trinajstić information content (AvgIpc) is 2.67. The number of pyridine rings is 1. The number of phenolic OH excluding ortho intramolecular Hbond substituents is 1. The van der Waals surface area contributed by atoms with E-state index in [0.29, 0.717) is 29.8 Å². The first-order chi connectivity index (χ1) is 12.6. The van der Waals surface area contributed by atoms with Gasteiger partial charge in [0.1, 0.15) is 17.5 Å². The van der Waals surface area contributed by atoms with Gasteiger partial charge in [-0.05, 0) is 48.0 Å². The molecule has 5 nitrogen and oxygen atoms in total. The third-order valence-corrected chi connectivity index (χ3v) is 4.00.